The summed E-state index contributed by atoms with van der Waals surface area (Å²) in [5, 5.41) is 5.74. The van der Waals surface area contributed by atoms with E-state index in [-0.39, 0.29) is 30.4 Å². The van der Waals surface area contributed by atoms with Crippen LogP contribution in [-0.4, -0.2) is 18.6 Å². The Morgan fingerprint density at radius 2 is 1.48 bits per heavy atom. The number of hydrogen-bond donors (Lipinski definition) is 2. The largest absolute Gasteiger partial charge is 0.454 e. The molecule has 2 amide bonds. The molecule has 1 heterocycles. The van der Waals surface area contributed by atoms with Crippen molar-refractivity contribution in [2.75, 3.05) is 17.4 Å². The van der Waals surface area contributed by atoms with Gasteiger partial charge in [-0.05, 0) is 42.2 Å². The lowest BCUT2D eigenvalue weighted by molar-refractivity contribution is -0.122. The molecule has 1 aliphatic heterocycles. The molecule has 2 aliphatic rings. The van der Waals surface area contributed by atoms with Crippen LogP contribution in [0.5, 0.6) is 11.5 Å². The van der Waals surface area contributed by atoms with Gasteiger partial charge in [-0.25, -0.2) is 0 Å². The molecule has 0 radical (unpaired) electrons. The fraction of sp³-hybridized carbons (Fsp3) is 0.333. The second kappa shape index (κ2) is 6.95. The van der Waals surface area contributed by atoms with Crippen LogP contribution in [0.1, 0.15) is 31.7 Å². The average Bonchev–Trinajstić information content (AvgIpc) is 3.33. The lowest BCUT2D eigenvalue weighted by Crippen LogP contribution is -2.20. The summed E-state index contributed by atoms with van der Waals surface area (Å²) in [6, 6.07) is 13.1. The van der Waals surface area contributed by atoms with Gasteiger partial charge in [0.15, 0.2) is 11.5 Å². The zero-order valence-electron chi connectivity index (χ0n) is 15.3. The number of rotatable bonds is 5. The smallest absolute Gasteiger partial charge is 0.231 e. The van der Waals surface area contributed by atoms with Gasteiger partial charge in [-0.3, -0.25) is 9.59 Å². The maximum Gasteiger partial charge on any atom is 0.231 e. The van der Waals surface area contributed by atoms with Crippen molar-refractivity contribution in [3.63, 3.8) is 0 Å². The van der Waals surface area contributed by atoms with E-state index >= 15 is 0 Å². The van der Waals surface area contributed by atoms with E-state index in [1.54, 1.807) is 18.2 Å². The van der Waals surface area contributed by atoms with Crippen LogP contribution >= 0.6 is 0 Å². The first-order valence-corrected chi connectivity index (χ1v) is 9.12. The van der Waals surface area contributed by atoms with E-state index in [2.05, 4.69) is 24.5 Å². The topological polar surface area (TPSA) is 76.7 Å². The quantitative estimate of drug-likeness (QED) is 0.845. The molecule has 6 nitrogen and oxygen atoms in total. The Kier molecular flexibility index (Phi) is 4.48. The van der Waals surface area contributed by atoms with E-state index in [1.807, 2.05) is 24.3 Å². The van der Waals surface area contributed by atoms with Crippen LogP contribution in [0.4, 0.5) is 11.4 Å². The molecule has 1 saturated carbocycles. The summed E-state index contributed by atoms with van der Waals surface area (Å²) in [4.78, 5) is 24.8. The summed E-state index contributed by atoms with van der Waals surface area (Å²) in [7, 11) is 0. The first kappa shape index (κ1) is 17.4. The second-order valence-corrected chi connectivity index (χ2v) is 7.27. The minimum Gasteiger partial charge on any atom is -0.454 e. The van der Waals surface area contributed by atoms with Crippen molar-refractivity contribution in [1.29, 1.82) is 0 Å². The summed E-state index contributed by atoms with van der Waals surface area (Å²) >= 11 is 0. The van der Waals surface area contributed by atoms with Crippen molar-refractivity contribution in [2.24, 2.45) is 11.8 Å². The molecule has 1 fully saturated rings. The van der Waals surface area contributed by atoms with Crippen LogP contribution < -0.4 is 20.1 Å². The van der Waals surface area contributed by atoms with E-state index in [4.69, 9.17) is 9.47 Å². The molecule has 2 aromatic rings. The molecule has 0 saturated heterocycles. The molecule has 4 rings (SSSR count). The highest BCUT2D eigenvalue weighted by Crippen LogP contribution is 2.41. The maximum absolute atomic E-state index is 12.4. The number of fused-ring (bicyclic) bond motifs is 1. The first-order valence-electron chi connectivity index (χ1n) is 9.12. The molecule has 2 atom stereocenters. The van der Waals surface area contributed by atoms with Crippen LogP contribution in [0, 0.1) is 11.8 Å². The van der Waals surface area contributed by atoms with Crippen molar-refractivity contribution in [3.05, 3.63) is 48.0 Å². The van der Waals surface area contributed by atoms with Gasteiger partial charge in [-0.2, -0.15) is 0 Å². The Morgan fingerprint density at radius 1 is 0.889 bits per heavy atom. The van der Waals surface area contributed by atoms with E-state index in [0.29, 0.717) is 29.5 Å². The number of anilines is 2. The Bertz CT molecular complexity index is 876. The standard InChI is InChI=1S/C21H22N2O4/c1-12(2)13-3-5-14(6-4-13)22-20(24)16-10-17(16)21(25)23-15-7-8-18-19(9-15)27-11-26-18/h3-9,12,16-17H,10-11H2,1-2H3,(H,22,24)(H,23,25). The number of hydrogen-bond acceptors (Lipinski definition) is 4. The predicted octanol–water partition coefficient (Wildman–Crippen LogP) is 3.75. The number of ether oxygens (including phenoxy) is 2. The molecular weight excluding hydrogens is 344 g/mol. The van der Waals surface area contributed by atoms with Crippen molar-refractivity contribution >= 4 is 23.2 Å². The summed E-state index contributed by atoms with van der Waals surface area (Å²) in [6.45, 7) is 4.44. The fourth-order valence-electron chi connectivity index (χ4n) is 3.17. The van der Waals surface area contributed by atoms with Crippen molar-refractivity contribution in [2.45, 2.75) is 26.2 Å². The van der Waals surface area contributed by atoms with Crippen LogP contribution in [-0.2, 0) is 9.59 Å². The van der Waals surface area contributed by atoms with Gasteiger partial charge >= 0.3 is 0 Å². The molecule has 2 N–H and O–H groups in total. The highest BCUT2D eigenvalue weighted by Gasteiger charge is 2.48. The molecule has 0 spiro atoms. The third-order valence-electron chi connectivity index (χ3n) is 4.95. The molecule has 27 heavy (non-hydrogen) atoms. The van der Waals surface area contributed by atoms with Gasteiger partial charge in [-0.1, -0.05) is 26.0 Å². The minimum atomic E-state index is -0.301. The van der Waals surface area contributed by atoms with Crippen LogP contribution in [0.15, 0.2) is 42.5 Å². The van der Waals surface area contributed by atoms with Crippen molar-refractivity contribution < 1.29 is 19.1 Å². The number of nitrogens with one attached hydrogen (secondary N) is 2. The molecule has 2 aromatic carbocycles. The molecule has 6 heteroatoms. The molecule has 1 aliphatic carbocycles. The Balaban J connectivity index is 1.31. The summed E-state index contributed by atoms with van der Waals surface area (Å²) in [6.07, 6.45) is 0.562. The molecule has 140 valence electrons. The van der Waals surface area contributed by atoms with Crippen molar-refractivity contribution in [3.8, 4) is 11.5 Å². The Hall–Kier alpha value is -3.02. The number of carbonyl (C=O) groups is 2. The van der Waals surface area contributed by atoms with Crippen LogP contribution in [0.3, 0.4) is 0 Å². The van der Waals surface area contributed by atoms with Crippen LogP contribution in [0.25, 0.3) is 0 Å². The van der Waals surface area contributed by atoms with E-state index in [1.165, 1.54) is 5.56 Å². The van der Waals surface area contributed by atoms with Gasteiger partial charge < -0.3 is 20.1 Å². The number of benzene rings is 2. The first-order chi connectivity index (χ1) is 13.0. The van der Waals surface area contributed by atoms with Gasteiger partial charge in [0, 0.05) is 17.4 Å². The maximum atomic E-state index is 12.4. The summed E-state index contributed by atoms with van der Waals surface area (Å²) < 4.78 is 10.6. The normalized spacial score (nSPS) is 19.7. The highest BCUT2D eigenvalue weighted by molar-refractivity contribution is 6.03. The van der Waals surface area contributed by atoms with E-state index < -0.39 is 0 Å². The van der Waals surface area contributed by atoms with Gasteiger partial charge in [0.05, 0.1) is 11.8 Å². The van der Waals surface area contributed by atoms with Gasteiger partial charge in [0.1, 0.15) is 0 Å². The van der Waals surface area contributed by atoms with Gasteiger partial charge in [0.2, 0.25) is 18.6 Å². The molecular formula is C21H22N2O4. The average molecular weight is 366 g/mol. The molecule has 0 aromatic heterocycles. The predicted molar refractivity (Wildman–Crippen MR) is 102 cm³/mol. The fourth-order valence-corrected chi connectivity index (χ4v) is 3.17. The SMILES string of the molecule is CC(C)c1ccc(NC(=O)C2CC2C(=O)Nc2ccc3c(c2)OCO3)cc1. The molecule has 0 bridgehead atoms. The van der Waals surface area contributed by atoms with E-state index in [9.17, 15) is 9.59 Å². The zero-order chi connectivity index (χ0) is 19.0. The Morgan fingerprint density at radius 3 is 2.15 bits per heavy atom. The summed E-state index contributed by atoms with van der Waals surface area (Å²) in [5.41, 5.74) is 2.62. The highest BCUT2D eigenvalue weighted by atomic mass is 16.7. The lowest BCUT2D eigenvalue weighted by Gasteiger charge is -2.09. The monoisotopic (exact) mass is 366 g/mol. The third-order valence-corrected chi connectivity index (χ3v) is 4.95. The van der Waals surface area contributed by atoms with Crippen LogP contribution in [0.2, 0.25) is 0 Å². The lowest BCUT2D eigenvalue weighted by atomic mass is 10.0. The zero-order valence-corrected chi connectivity index (χ0v) is 15.3. The summed E-state index contributed by atoms with van der Waals surface area (Å²) in [5.74, 6) is 0.877. The van der Waals surface area contributed by atoms with Gasteiger partial charge in [0.25, 0.3) is 0 Å². The Labute approximate surface area is 157 Å². The number of carbonyl (C=O) groups excluding carboxylic acids is 2. The number of amides is 2. The van der Waals surface area contributed by atoms with E-state index in [0.717, 1.165) is 5.69 Å². The van der Waals surface area contributed by atoms with Gasteiger partial charge in [-0.15, -0.1) is 0 Å². The molecule has 2 unspecified atom stereocenters. The van der Waals surface area contributed by atoms with Crippen molar-refractivity contribution in [1.82, 2.24) is 0 Å². The second-order valence-electron chi connectivity index (χ2n) is 7.27. The minimum absolute atomic E-state index is 0.113. The third kappa shape index (κ3) is 3.74.